The molecule has 2 aliphatic rings. The van der Waals surface area contributed by atoms with Crippen LogP contribution in [0.4, 0.5) is 4.79 Å². The molecule has 2 aliphatic carbocycles. The highest BCUT2D eigenvalue weighted by molar-refractivity contribution is 5.64. The Morgan fingerprint density at radius 3 is 2.33 bits per heavy atom. The predicted octanol–water partition coefficient (Wildman–Crippen LogP) is 4.94. The van der Waals surface area contributed by atoms with Gasteiger partial charge in [0, 0.05) is 18.3 Å². The minimum absolute atomic E-state index is 0.122. The molecule has 116 valence electrons. The monoisotopic (exact) mass is 290 g/mol. The van der Waals surface area contributed by atoms with Crippen molar-refractivity contribution in [3.63, 3.8) is 0 Å². The van der Waals surface area contributed by atoms with Crippen molar-refractivity contribution in [1.29, 1.82) is 0 Å². The van der Waals surface area contributed by atoms with Crippen molar-refractivity contribution in [2.24, 2.45) is 5.41 Å². The molecule has 0 aliphatic heterocycles. The van der Waals surface area contributed by atoms with Gasteiger partial charge in [0.1, 0.15) is 5.60 Å². The molecule has 0 N–H and O–H groups in total. The Hall–Kier alpha value is -1.51. The first kappa shape index (κ1) is 15.9. The zero-order valence-electron chi connectivity index (χ0n) is 13.3. The van der Waals surface area contributed by atoms with Gasteiger partial charge in [-0.1, -0.05) is 43.4 Å². The second-order valence-electron chi connectivity index (χ2n) is 6.25. The average molecular weight is 290 g/mol. The van der Waals surface area contributed by atoms with Crippen LogP contribution >= 0.6 is 0 Å². The van der Waals surface area contributed by atoms with Crippen molar-refractivity contribution in [3.8, 4) is 0 Å². The van der Waals surface area contributed by atoms with Crippen LogP contribution in [0, 0.1) is 5.41 Å². The Labute approximate surface area is 127 Å². The number of hydrogen-bond donors (Lipinski definition) is 0. The van der Waals surface area contributed by atoms with E-state index in [1.807, 2.05) is 13.8 Å². The lowest BCUT2D eigenvalue weighted by Gasteiger charge is -2.09. The molecule has 0 heterocycles. The van der Waals surface area contributed by atoms with Gasteiger partial charge in [0.05, 0.1) is 6.10 Å². The normalized spacial score (nSPS) is 30.3. The van der Waals surface area contributed by atoms with Crippen molar-refractivity contribution >= 4 is 6.16 Å². The standard InChI is InChI=1S/C18H26O3/c1-4-5-6-7-8-9-10-11-12-17-13-18(17,14-17)21-16(19)20-15(2)3/h5-6,8-9,11-12,15H,4,7,10,13-14H2,1-3H3/b6-5-,9-8-,12-11-. The molecule has 21 heavy (non-hydrogen) atoms. The molecule has 0 unspecified atom stereocenters. The van der Waals surface area contributed by atoms with Crippen LogP contribution in [0.5, 0.6) is 0 Å². The quantitative estimate of drug-likeness (QED) is 0.469. The zero-order valence-corrected chi connectivity index (χ0v) is 13.3. The maximum atomic E-state index is 11.5. The van der Waals surface area contributed by atoms with Crippen LogP contribution in [-0.4, -0.2) is 17.9 Å². The average Bonchev–Trinajstić information content (AvgIpc) is 3.17. The third kappa shape index (κ3) is 3.99. The van der Waals surface area contributed by atoms with Crippen LogP contribution in [0.15, 0.2) is 36.5 Å². The lowest BCUT2D eigenvalue weighted by Crippen LogP contribution is -2.17. The highest BCUT2D eigenvalue weighted by Crippen LogP contribution is 2.81. The second kappa shape index (κ2) is 6.50. The Balaban J connectivity index is 1.64. The van der Waals surface area contributed by atoms with Gasteiger partial charge in [0.2, 0.25) is 0 Å². The van der Waals surface area contributed by atoms with Gasteiger partial charge in [-0.3, -0.25) is 0 Å². The van der Waals surface area contributed by atoms with Crippen LogP contribution in [0.2, 0.25) is 0 Å². The molecule has 3 heteroatoms. The summed E-state index contributed by atoms with van der Waals surface area (Å²) in [5.74, 6) is 0. The molecular formula is C18H26O3. The van der Waals surface area contributed by atoms with Gasteiger partial charge in [-0.05, 0) is 33.1 Å². The van der Waals surface area contributed by atoms with E-state index in [0.717, 1.165) is 32.1 Å². The summed E-state index contributed by atoms with van der Waals surface area (Å²) in [6, 6.07) is 0. The SMILES string of the molecule is CC/C=C\C/C=C\C/C=C\C12CC1(OC(=O)OC(C)C)C2. The summed E-state index contributed by atoms with van der Waals surface area (Å²) in [6.07, 6.45) is 17.4. The molecular weight excluding hydrogens is 264 g/mol. The topological polar surface area (TPSA) is 35.5 Å². The lowest BCUT2D eigenvalue weighted by atomic mass is 10.2. The van der Waals surface area contributed by atoms with E-state index in [9.17, 15) is 4.79 Å². The van der Waals surface area contributed by atoms with Crippen molar-refractivity contribution in [2.75, 3.05) is 0 Å². The number of carbonyl (C=O) groups excluding carboxylic acids is 1. The summed E-state index contributed by atoms with van der Waals surface area (Å²) in [5.41, 5.74) is -0.109. The maximum absolute atomic E-state index is 11.5. The molecule has 0 aromatic carbocycles. The number of hydrogen-bond acceptors (Lipinski definition) is 3. The van der Waals surface area contributed by atoms with E-state index in [0.29, 0.717) is 0 Å². The van der Waals surface area contributed by atoms with E-state index in [2.05, 4.69) is 43.4 Å². The van der Waals surface area contributed by atoms with E-state index >= 15 is 0 Å². The molecule has 2 saturated carbocycles. The van der Waals surface area contributed by atoms with E-state index < -0.39 is 6.16 Å². The maximum Gasteiger partial charge on any atom is 0.509 e. The second-order valence-corrected chi connectivity index (χ2v) is 6.25. The Bertz CT molecular complexity index is 451. The summed E-state index contributed by atoms with van der Waals surface area (Å²) in [6.45, 7) is 5.79. The number of allylic oxidation sites excluding steroid dienone is 5. The molecule has 0 spiro atoms. The fourth-order valence-electron chi connectivity index (χ4n) is 2.60. The molecule has 0 radical (unpaired) electrons. The smallest absolute Gasteiger partial charge is 0.432 e. The molecule has 2 fully saturated rings. The molecule has 0 saturated heterocycles. The van der Waals surface area contributed by atoms with E-state index in [-0.39, 0.29) is 17.1 Å². The van der Waals surface area contributed by atoms with Crippen molar-refractivity contribution in [1.82, 2.24) is 0 Å². The van der Waals surface area contributed by atoms with Crippen LogP contribution in [0.25, 0.3) is 0 Å². The summed E-state index contributed by atoms with van der Waals surface area (Å²) in [7, 11) is 0. The molecule has 0 amide bonds. The van der Waals surface area contributed by atoms with Gasteiger partial charge in [-0.15, -0.1) is 0 Å². The third-order valence-electron chi connectivity index (χ3n) is 4.02. The Kier molecular flexibility index (Phi) is 4.92. The summed E-state index contributed by atoms with van der Waals surface area (Å²) in [5, 5.41) is 0. The first-order chi connectivity index (χ1) is 10.0. The summed E-state index contributed by atoms with van der Waals surface area (Å²) < 4.78 is 10.4. The predicted molar refractivity (Wildman–Crippen MR) is 84.0 cm³/mol. The van der Waals surface area contributed by atoms with Crippen LogP contribution in [0.3, 0.4) is 0 Å². The fraction of sp³-hybridized carbons (Fsp3) is 0.611. The highest BCUT2D eigenvalue weighted by atomic mass is 16.7. The van der Waals surface area contributed by atoms with Crippen LogP contribution < -0.4 is 0 Å². The van der Waals surface area contributed by atoms with Crippen molar-refractivity contribution < 1.29 is 14.3 Å². The molecule has 3 nitrogen and oxygen atoms in total. The van der Waals surface area contributed by atoms with Crippen molar-refractivity contribution in [3.05, 3.63) is 36.5 Å². The molecule has 0 bridgehead atoms. The van der Waals surface area contributed by atoms with Gasteiger partial charge in [0.25, 0.3) is 0 Å². The molecule has 0 aromatic rings. The fourth-order valence-corrected chi connectivity index (χ4v) is 2.60. The number of carbonyl (C=O) groups is 1. The van der Waals surface area contributed by atoms with Gasteiger partial charge in [-0.2, -0.15) is 0 Å². The number of fused-ring (bicyclic) bond motifs is 1. The molecule has 0 atom stereocenters. The minimum Gasteiger partial charge on any atom is -0.432 e. The summed E-state index contributed by atoms with van der Waals surface area (Å²) in [4.78, 5) is 11.5. The zero-order chi connectivity index (χ0) is 15.3. The number of rotatable bonds is 8. The van der Waals surface area contributed by atoms with Gasteiger partial charge in [-0.25, -0.2) is 4.79 Å². The largest absolute Gasteiger partial charge is 0.509 e. The highest BCUT2D eigenvalue weighted by Gasteiger charge is 2.85. The van der Waals surface area contributed by atoms with Gasteiger partial charge < -0.3 is 9.47 Å². The van der Waals surface area contributed by atoms with E-state index in [1.54, 1.807) is 0 Å². The summed E-state index contributed by atoms with van der Waals surface area (Å²) >= 11 is 0. The Morgan fingerprint density at radius 2 is 1.71 bits per heavy atom. The lowest BCUT2D eigenvalue weighted by molar-refractivity contribution is 0.0147. The first-order valence-electron chi connectivity index (χ1n) is 7.91. The minimum atomic E-state index is -0.527. The van der Waals surface area contributed by atoms with Crippen LogP contribution in [-0.2, 0) is 9.47 Å². The van der Waals surface area contributed by atoms with Gasteiger partial charge >= 0.3 is 6.16 Å². The third-order valence-corrected chi connectivity index (χ3v) is 4.02. The van der Waals surface area contributed by atoms with Crippen LogP contribution in [0.1, 0.15) is 52.9 Å². The molecule has 0 aromatic heterocycles. The first-order valence-corrected chi connectivity index (χ1v) is 7.91. The van der Waals surface area contributed by atoms with E-state index in [1.165, 1.54) is 0 Å². The van der Waals surface area contributed by atoms with Gasteiger partial charge in [0.15, 0.2) is 0 Å². The van der Waals surface area contributed by atoms with E-state index in [4.69, 9.17) is 9.47 Å². The number of ether oxygens (including phenoxy) is 2. The van der Waals surface area contributed by atoms with Crippen molar-refractivity contribution in [2.45, 2.75) is 64.6 Å². The Morgan fingerprint density at radius 1 is 1.10 bits per heavy atom. The molecule has 2 rings (SSSR count).